The highest BCUT2D eigenvalue weighted by Gasteiger charge is 2.42. The molecule has 3 nitrogen and oxygen atoms in total. The zero-order valence-corrected chi connectivity index (χ0v) is 13.1. The van der Waals surface area contributed by atoms with Gasteiger partial charge in [0.15, 0.2) is 8.32 Å². The summed E-state index contributed by atoms with van der Waals surface area (Å²) in [5.41, 5.74) is 0. The molecular weight excluding hydrogens is 232 g/mol. The third-order valence-electron chi connectivity index (χ3n) is 4.00. The molecule has 0 saturated carbocycles. The fraction of sp³-hybridized carbons (Fsp3) is 1.00. The Bertz CT molecular complexity index is 246. The minimum Gasteiger partial charge on any atom is -0.417 e. The van der Waals surface area contributed by atoms with Gasteiger partial charge in [0, 0.05) is 6.61 Å². The van der Waals surface area contributed by atoms with Gasteiger partial charge in [0.1, 0.15) is 6.10 Å². The summed E-state index contributed by atoms with van der Waals surface area (Å²) in [6, 6.07) is 0. The van der Waals surface area contributed by atoms with Crippen LogP contribution in [0, 0.1) is 0 Å². The lowest BCUT2D eigenvalue weighted by Gasteiger charge is -2.36. The first kappa shape index (κ1) is 15.2. The van der Waals surface area contributed by atoms with Crippen LogP contribution in [-0.2, 0) is 9.16 Å². The first-order valence-electron chi connectivity index (χ1n) is 6.62. The molecule has 1 N–H and O–H groups in total. The SMILES string of the molecule is C[C@H](O)[C@@H]1O[C@@H]1CCCO[Si](C)(C)C(C)(C)C. The standard InChI is InChI=1S/C13H28O3Si/c1-10(14)12-11(16-12)8-7-9-15-17(5,6)13(2,3)4/h10-12,14H,7-9H2,1-6H3/t10-,11+,12-/m0/s1. The van der Waals surface area contributed by atoms with Gasteiger partial charge in [0.2, 0.25) is 0 Å². The second-order valence-corrected chi connectivity index (χ2v) is 11.4. The topological polar surface area (TPSA) is 42.0 Å². The van der Waals surface area contributed by atoms with Crippen molar-refractivity contribution in [2.75, 3.05) is 6.61 Å². The third-order valence-corrected chi connectivity index (χ3v) is 8.54. The molecule has 1 heterocycles. The molecule has 0 radical (unpaired) electrons. The summed E-state index contributed by atoms with van der Waals surface area (Å²) in [7, 11) is -1.59. The van der Waals surface area contributed by atoms with E-state index in [0.29, 0.717) is 0 Å². The van der Waals surface area contributed by atoms with E-state index in [4.69, 9.17) is 9.16 Å². The van der Waals surface area contributed by atoms with Gasteiger partial charge in [-0.05, 0) is 37.9 Å². The number of rotatable bonds is 6. The number of hydrogen-bond donors (Lipinski definition) is 1. The molecule has 0 unspecified atom stereocenters. The Kier molecular flexibility index (Phi) is 4.80. The van der Waals surface area contributed by atoms with Crippen molar-refractivity contribution in [3.05, 3.63) is 0 Å². The number of ether oxygens (including phenoxy) is 1. The zero-order chi connectivity index (χ0) is 13.3. The number of aliphatic hydroxyl groups is 1. The van der Waals surface area contributed by atoms with Gasteiger partial charge in [-0.2, -0.15) is 0 Å². The molecule has 0 amide bonds. The molecule has 0 aliphatic carbocycles. The maximum atomic E-state index is 9.31. The van der Waals surface area contributed by atoms with Crippen LogP contribution in [0.2, 0.25) is 18.1 Å². The molecule has 0 aromatic rings. The Morgan fingerprint density at radius 2 is 1.94 bits per heavy atom. The molecular formula is C13H28O3Si. The lowest BCUT2D eigenvalue weighted by Crippen LogP contribution is -2.41. The lowest BCUT2D eigenvalue weighted by atomic mass is 10.1. The third kappa shape index (κ3) is 4.36. The van der Waals surface area contributed by atoms with E-state index < -0.39 is 8.32 Å². The number of aliphatic hydroxyl groups excluding tert-OH is 1. The van der Waals surface area contributed by atoms with Gasteiger partial charge in [-0.25, -0.2) is 0 Å². The van der Waals surface area contributed by atoms with Gasteiger partial charge < -0.3 is 14.3 Å². The van der Waals surface area contributed by atoms with Crippen LogP contribution >= 0.6 is 0 Å². The Balaban J connectivity index is 2.13. The molecule has 0 aromatic carbocycles. The largest absolute Gasteiger partial charge is 0.417 e. The summed E-state index contributed by atoms with van der Waals surface area (Å²) in [5.74, 6) is 0. The molecule has 4 heteroatoms. The maximum absolute atomic E-state index is 9.31. The molecule has 1 fully saturated rings. The average Bonchev–Trinajstić information content (AvgIpc) is 2.89. The number of hydrogen-bond acceptors (Lipinski definition) is 3. The van der Waals surface area contributed by atoms with E-state index in [9.17, 15) is 5.11 Å². The fourth-order valence-electron chi connectivity index (χ4n) is 1.64. The predicted molar refractivity (Wildman–Crippen MR) is 72.7 cm³/mol. The van der Waals surface area contributed by atoms with E-state index in [1.165, 1.54) is 0 Å². The molecule has 1 aliphatic heterocycles. The van der Waals surface area contributed by atoms with E-state index in [-0.39, 0.29) is 23.4 Å². The molecule has 0 bridgehead atoms. The van der Waals surface area contributed by atoms with Crippen molar-refractivity contribution in [1.82, 2.24) is 0 Å². The minimum atomic E-state index is -1.59. The van der Waals surface area contributed by atoms with Crippen LogP contribution in [0.3, 0.4) is 0 Å². The van der Waals surface area contributed by atoms with Crippen molar-refractivity contribution < 1.29 is 14.3 Å². The first-order chi connectivity index (χ1) is 7.65. The molecule has 0 spiro atoms. The van der Waals surface area contributed by atoms with Gasteiger partial charge in [-0.1, -0.05) is 20.8 Å². The Labute approximate surface area is 107 Å². The van der Waals surface area contributed by atoms with Crippen LogP contribution in [0.25, 0.3) is 0 Å². The highest BCUT2D eigenvalue weighted by Crippen LogP contribution is 2.37. The molecule has 102 valence electrons. The summed E-state index contributed by atoms with van der Waals surface area (Å²) in [6.07, 6.45) is 2.03. The van der Waals surface area contributed by atoms with Gasteiger partial charge in [0.05, 0.1) is 12.2 Å². The highest BCUT2D eigenvalue weighted by molar-refractivity contribution is 6.74. The predicted octanol–water partition coefficient (Wildman–Crippen LogP) is 2.94. The molecule has 1 saturated heterocycles. The van der Waals surface area contributed by atoms with E-state index >= 15 is 0 Å². The van der Waals surface area contributed by atoms with Crippen LogP contribution < -0.4 is 0 Å². The first-order valence-corrected chi connectivity index (χ1v) is 9.53. The molecule has 17 heavy (non-hydrogen) atoms. The van der Waals surface area contributed by atoms with Gasteiger partial charge >= 0.3 is 0 Å². The van der Waals surface area contributed by atoms with E-state index in [1.54, 1.807) is 6.92 Å². The normalized spacial score (nSPS) is 27.0. The molecule has 0 aromatic heterocycles. The van der Waals surface area contributed by atoms with Crippen LogP contribution in [0.5, 0.6) is 0 Å². The van der Waals surface area contributed by atoms with E-state index in [2.05, 4.69) is 33.9 Å². The summed E-state index contributed by atoms with van der Waals surface area (Å²) in [5, 5.41) is 9.59. The van der Waals surface area contributed by atoms with Crippen molar-refractivity contribution in [2.24, 2.45) is 0 Å². The van der Waals surface area contributed by atoms with E-state index in [1.807, 2.05) is 0 Å². The van der Waals surface area contributed by atoms with Crippen molar-refractivity contribution >= 4 is 8.32 Å². The highest BCUT2D eigenvalue weighted by atomic mass is 28.4. The van der Waals surface area contributed by atoms with Crippen molar-refractivity contribution in [2.45, 2.75) is 77.0 Å². The van der Waals surface area contributed by atoms with Crippen molar-refractivity contribution in [1.29, 1.82) is 0 Å². The van der Waals surface area contributed by atoms with Crippen LogP contribution in [0.15, 0.2) is 0 Å². The van der Waals surface area contributed by atoms with Gasteiger partial charge in [-0.3, -0.25) is 0 Å². The summed E-state index contributed by atoms with van der Waals surface area (Å²) in [4.78, 5) is 0. The molecule has 3 atom stereocenters. The van der Waals surface area contributed by atoms with Crippen molar-refractivity contribution in [3.63, 3.8) is 0 Å². The van der Waals surface area contributed by atoms with Gasteiger partial charge in [0.25, 0.3) is 0 Å². The van der Waals surface area contributed by atoms with Crippen molar-refractivity contribution in [3.8, 4) is 0 Å². The zero-order valence-electron chi connectivity index (χ0n) is 12.1. The number of epoxide rings is 1. The van der Waals surface area contributed by atoms with E-state index in [0.717, 1.165) is 19.4 Å². The van der Waals surface area contributed by atoms with Gasteiger partial charge in [-0.15, -0.1) is 0 Å². The lowest BCUT2D eigenvalue weighted by molar-refractivity contribution is 0.152. The quantitative estimate of drug-likeness (QED) is 0.453. The second kappa shape index (κ2) is 5.39. The fourth-order valence-corrected chi connectivity index (χ4v) is 2.73. The van der Waals surface area contributed by atoms with Crippen LogP contribution in [-0.4, -0.2) is 38.3 Å². The van der Waals surface area contributed by atoms with Crippen LogP contribution in [0.4, 0.5) is 0 Å². The monoisotopic (exact) mass is 260 g/mol. The average molecular weight is 260 g/mol. The second-order valence-electron chi connectivity index (χ2n) is 6.63. The molecule has 1 rings (SSSR count). The Morgan fingerprint density at radius 3 is 2.35 bits per heavy atom. The Hall–Kier alpha value is 0.0969. The smallest absolute Gasteiger partial charge is 0.191 e. The summed E-state index contributed by atoms with van der Waals surface area (Å²) >= 11 is 0. The maximum Gasteiger partial charge on any atom is 0.191 e. The summed E-state index contributed by atoms with van der Waals surface area (Å²) in [6.45, 7) is 13.9. The molecule has 1 aliphatic rings. The van der Waals surface area contributed by atoms with Crippen LogP contribution in [0.1, 0.15) is 40.5 Å². The minimum absolute atomic E-state index is 0.0721. The summed E-state index contributed by atoms with van der Waals surface area (Å²) < 4.78 is 11.5. The Morgan fingerprint density at radius 1 is 1.35 bits per heavy atom.